The molecular formula is C16H23N3O5S. The minimum absolute atomic E-state index is 0.0546. The number of pyridine rings is 1. The van der Waals surface area contributed by atoms with Crippen LogP contribution in [0.25, 0.3) is 0 Å². The van der Waals surface area contributed by atoms with E-state index in [0.29, 0.717) is 18.4 Å². The van der Waals surface area contributed by atoms with Crippen molar-refractivity contribution in [2.45, 2.75) is 43.8 Å². The van der Waals surface area contributed by atoms with E-state index < -0.39 is 10.0 Å². The lowest BCUT2D eigenvalue weighted by atomic mass is 9.99. The summed E-state index contributed by atoms with van der Waals surface area (Å²) in [5.41, 5.74) is 0.0374. The first-order valence-corrected chi connectivity index (χ1v) is 10.1. The standard InChI is InChI=1S/C16H23N3O5S/c1-18-9-13(14(24-2)8-15(18)20)16(21)17-10-6-11-4-5-12(7-10)19(11)25(3,22)23/h8-12H,4-7H2,1-3H3,(H,17,21)/t10?,11-,12+. The Morgan fingerprint density at radius 3 is 2.40 bits per heavy atom. The molecule has 8 nitrogen and oxygen atoms in total. The van der Waals surface area contributed by atoms with Gasteiger partial charge < -0.3 is 14.6 Å². The lowest BCUT2D eigenvalue weighted by molar-refractivity contribution is 0.0905. The number of fused-ring (bicyclic) bond motifs is 2. The molecule has 1 amide bonds. The summed E-state index contributed by atoms with van der Waals surface area (Å²) in [4.78, 5) is 24.3. The molecule has 0 aromatic carbocycles. The molecule has 3 heterocycles. The molecule has 3 atom stereocenters. The van der Waals surface area contributed by atoms with Crippen molar-refractivity contribution in [3.8, 4) is 5.75 Å². The van der Waals surface area contributed by atoms with Gasteiger partial charge >= 0.3 is 0 Å². The fraction of sp³-hybridized carbons (Fsp3) is 0.625. The molecule has 9 heteroatoms. The third-order valence-electron chi connectivity index (χ3n) is 5.04. The maximum Gasteiger partial charge on any atom is 0.256 e. The van der Waals surface area contributed by atoms with Gasteiger partial charge in [-0.15, -0.1) is 0 Å². The van der Waals surface area contributed by atoms with Crippen molar-refractivity contribution in [2.75, 3.05) is 13.4 Å². The van der Waals surface area contributed by atoms with E-state index in [1.165, 1.54) is 30.2 Å². The summed E-state index contributed by atoms with van der Waals surface area (Å²) in [6, 6.07) is 1.08. The average Bonchev–Trinajstić information content (AvgIpc) is 2.82. The lowest BCUT2D eigenvalue weighted by Gasteiger charge is -2.37. The Hall–Kier alpha value is -1.87. The fourth-order valence-corrected chi connectivity index (χ4v) is 5.47. The zero-order chi connectivity index (χ0) is 18.4. The van der Waals surface area contributed by atoms with Crippen LogP contribution in [0.2, 0.25) is 0 Å². The van der Waals surface area contributed by atoms with Crippen LogP contribution in [0.5, 0.6) is 5.75 Å². The van der Waals surface area contributed by atoms with Crippen molar-refractivity contribution in [3.63, 3.8) is 0 Å². The average molecular weight is 369 g/mol. The molecule has 0 saturated carbocycles. The molecule has 0 spiro atoms. The second kappa shape index (κ2) is 6.45. The molecule has 2 fully saturated rings. The van der Waals surface area contributed by atoms with Crippen LogP contribution in [0.3, 0.4) is 0 Å². The largest absolute Gasteiger partial charge is 0.496 e. The van der Waals surface area contributed by atoms with Gasteiger partial charge in [0.15, 0.2) is 0 Å². The van der Waals surface area contributed by atoms with Crippen molar-refractivity contribution in [3.05, 3.63) is 28.2 Å². The highest BCUT2D eigenvalue weighted by molar-refractivity contribution is 7.88. The van der Waals surface area contributed by atoms with Crippen LogP contribution in [-0.2, 0) is 17.1 Å². The highest BCUT2D eigenvalue weighted by Gasteiger charge is 2.45. The molecule has 2 bridgehead atoms. The summed E-state index contributed by atoms with van der Waals surface area (Å²) >= 11 is 0. The van der Waals surface area contributed by atoms with Gasteiger partial charge in [-0.25, -0.2) is 8.42 Å². The summed E-state index contributed by atoms with van der Waals surface area (Å²) in [7, 11) is -0.238. The Bertz CT molecular complexity index is 834. The van der Waals surface area contributed by atoms with Crippen molar-refractivity contribution in [1.29, 1.82) is 0 Å². The summed E-state index contributed by atoms with van der Waals surface area (Å²) in [5, 5.41) is 2.97. The van der Waals surface area contributed by atoms with Gasteiger partial charge in [-0.3, -0.25) is 9.59 Å². The number of ether oxygens (including phenoxy) is 1. The van der Waals surface area contributed by atoms with E-state index in [1.807, 2.05) is 0 Å². The molecule has 0 radical (unpaired) electrons. The molecule has 25 heavy (non-hydrogen) atoms. The van der Waals surface area contributed by atoms with Crippen LogP contribution in [0.1, 0.15) is 36.0 Å². The van der Waals surface area contributed by atoms with Gasteiger partial charge in [0.05, 0.1) is 18.9 Å². The number of hydrogen-bond donors (Lipinski definition) is 1. The first-order chi connectivity index (χ1) is 11.7. The van der Waals surface area contributed by atoms with Crippen LogP contribution in [0, 0.1) is 0 Å². The maximum absolute atomic E-state index is 12.6. The Balaban J connectivity index is 1.76. The predicted molar refractivity (Wildman–Crippen MR) is 92.2 cm³/mol. The Morgan fingerprint density at radius 1 is 1.28 bits per heavy atom. The lowest BCUT2D eigenvalue weighted by Crippen LogP contribution is -2.52. The minimum Gasteiger partial charge on any atom is -0.496 e. The van der Waals surface area contributed by atoms with E-state index in [1.54, 1.807) is 11.4 Å². The number of methoxy groups -OCH3 is 1. The topological polar surface area (TPSA) is 97.7 Å². The van der Waals surface area contributed by atoms with Gasteiger partial charge in [-0.05, 0) is 25.7 Å². The zero-order valence-electron chi connectivity index (χ0n) is 14.6. The number of carbonyl (C=O) groups is 1. The number of aryl methyl sites for hydroxylation is 1. The van der Waals surface area contributed by atoms with Gasteiger partial charge in [0.1, 0.15) is 5.75 Å². The smallest absolute Gasteiger partial charge is 0.256 e. The van der Waals surface area contributed by atoms with Crippen LogP contribution in [-0.4, -0.2) is 54.7 Å². The first kappa shape index (κ1) is 17.9. The Kier molecular flexibility index (Phi) is 4.63. The Morgan fingerprint density at radius 2 is 1.88 bits per heavy atom. The molecule has 1 aromatic heterocycles. The SMILES string of the molecule is COc1cc(=O)n(C)cc1C(=O)NC1C[C@H]2CC[C@@H](C1)N2S(C)(=O)=O. The van der Waals surface area contributed by atoms with Crippen LogP contribution in [0.15, 0.2) is 17.1 Å². The summed E-state index contributed by atoms with van der Waals surface area (Å²) in [6.07, 6.45) is 5.55. The van der Waals surface area contributed by atoms with Crippen LogP contribution in [0.4, 0.5) is 0 Å². The number of amides is 1. The third-order valence-corrected chi connectivity index (χ3v) is 6.40. The van der Waals surface area contributed by atoms with E-state index in [4.69, 9.17) is 4.74 Å². The predicted octanol–water partition coefficient (Wildman–Crippen LogP) is 0.0787. The molecule has 1 aromatic rings. The van der Waals surface area contributed by atoms with Gasteiger partial charge in [0, 0.05) is 37.4 Å². The minimum atomic E-state index is -3.22. The molecule has 0 aliphatic carbocycles. The molecule has 3 rings (SSSR count). The molecule has 1 unspecified atom stereocenters. The number of piperidine rings is 1. The van der Waals surface area contributed by atoms with Crippen LogP contribution >= 0.6 is 0 Å². The maximum atomic E-state index is 12.6. The van der Waals surface area contributed by atoms with E-state index in [-0.39, 0.29) is 35.3 Å². The second-order valence-electron chi connectivity index (χ2n) is 6.82. The van der Waals surface area contributed by atoms with Crippen molar-refractivity contribution in [2.24, 2.45) is 7.05 Å². The van der Waals surface area contributed by atoms with E-state index in [0.717, 1.165) is 12.8 Å². The third kappa shape index (κ3) is 3.43. The monoisotopic (exact) mass is 369 g/mol. The molecule has 138 valence electrons. The molecule has 2 aliphatic heterocycles. The fourth-order valence-electron chi connectivity index (χ4n) is 4.01. The zero-order valence-corrected chi connectivity index (χ0v) is 15.4. The second-order valence-corrected chi connectivity index (χ2v) is 8.71. The molecule has 2 saturated heterocycles. The van der Waals surface area contributed by atoms with Gasteiger partial charge in [-0.1, -0.05) is 0 Å². The number of aromatic nitrogens is 1. The number of rotatable bonds is 4. The van der Waals surface area contributed by atoms with Crippen molar-refractivity contribution >= 4 is 15.9 Å². The molecule has 2 aliphatic rings. The number of hydrogen-bond acceptors (Lipinski definition) is 5. The van der Waals surface area contributed by atoms with Crippen molar-refractivity contribution < 1.29 is 17.9 Å². The van der Waals surface area contributed by atoms with E-state index in [2.05, 4.69) is 5.32 Å². The quantitative estimate of drug-likeness (QED) is 0.810. The van der Waals surface area contributed by atoms with Gasteiger partial charge in [0.25, 0.3) is 11.5 Å². The first-order valence-electron chi connectivity index (χ1n) is 8.24. The Labute approximate surface area is 146 Å². The van der Waals surface area contributed by atoms with Crippen molar-refractivity contribution in [1.82, 2.24) is 14.2 Å². The highest BCUT2D eigenvalue weighted by atomic mass is 32.2. The number of nitrogens with one attached hydrogen (secondary N) is 1. The number of sulfonamides is 1. The van der Waals surface area contributed by atoms with E-state index >= 15 is 0 Å². The van der Waals surface area contributed by atoms with Crippen LogP contribution < -0.4 is 15.6 Å². The number of carbonyl (C=O) groups excluding carboxylic acids is 1. The van der Waals surface area contributed by atoms with E-state index in [9.17, 15) is 18.0 Å². The molecule has 1 N–H and O–H groups in total. The molecular weight excluding hydrogens is 346 g/mol. The summed E-state index contributed by atoms with van der Waals surface area (Å²) < 4.78 is 32.0. The highest BCUT2D eigenvalue weighted by Crippen LogP contribution is 2.37. The number of nitrogens with zero attached hydrogens (tertiary/aromatic N) is 2. The summed E-state index contributed by atoms with van der Waals surface area (Å²) in [5.74, 6) is -0.0817. The normalized spacial score (nSPS) is 26.4. The van der Waals surface area contributed by atoms with Gasteiger partial charge in [-0.2, -0.15) is 4.31 Å². The summed E-state index contributed by atoms with van der Waals surface area (Å²) in [6.45, 7) is 0. The van der Waals surface area contributed by atoms with Gasteiger partial charge in [0.2, 0.25) is 10.0 Å².